The third-order valence-electron chi connectivity index (χ3n) is 4.66. The Balaban J connectivity index is 1.92. The summed E-state index contributed by atoms with van der Waals surface area (Å²) in [4.78, 5) is 0.393. The van der Waals surface area contributed by atoms with E-state index >= 15 is 0 Å². The lowest BCUT2D eigenvalue weighted by Gasteiger charge is -2.34. The van der Waals surface area contributed by atoms with Crippen LogP contribution in [0, 0.1) is 19.8 Å². The summed E-state index contributed by atoms with van der Waals surface area (Å²) in [5.74, 6) is 0.454. The van der Waals surface area contributed by atoms with Crippen molar-refractivity contribution in [2.75, 3.05) is 19.6 Å². The van der Waals surface area contributed by atoms with Crippen molar-refractivity contribution in [3.63, 3.8) is 0 Å². The first-order valence-corrected chi connectivity index (χ1v) is 8.59. The van der Waals surface area contributed by atoms with Gasteiger partial charge in [-0.25, -0.2) is 8.42 Å². The highest BCUT2D eigenvalue weighted by Gasteiger charge is 2.39. The Labute approximate surface area is 120 Å². The summed E-state index contributed by atoms with van der Waals surface area (Å²) in [6, 6.07) is 0.498. The van der Waals surface area contributed by atoms with Crippen LogP contribution < -0.4 is 5.32 Å². The van der Waals surface area contributed by atoms with Crippen LogP contribution in [0.1, 0.15) is 24.2 Å². The average molecular weight is 298 g/mol. The Morgan fingerprint density at radius 3 is 2.70 bits per heavy atom. The van der Waals surface area contributed by atoms with E-state index in [0.29, 0.717) is 41.3 Å². The van der Waals surface area contributed by atoms with Gasteiger partial charge in [0.25, 0.3) is 0 Å². The lowest BCUT2D eigenvalue weighted by atomic mass is 9.95. The number of aryl methyl sites for hydroxylation is 2. The van der Waals surface area contributed by atoms with Crippen molar-refractivity contribution in [1.29, 1.82) is 0 Å². The molecule has 2 unspecified atom stereocenters. The maximum absolute atomic E-state index is 12.9. The van der Waals surface area contributed by atoms with Crippen molar-refractivity contribution in [3.8, 4) is 0 Å². The van der Waals surface area contributed by atoms with Gasteiger partial charge in [0.2, 0.25) is 10.0 Å². The number of fused-ring (bicyclic) bond motifs is 1. The van der Waals surface area contributed by atoms with Crippen molar-refractivity contribution < 1.29 is 8.42 Å². The molecule has 0 saturated carbocycles. The molecule has 3 rings (SSSR count). The van der Waals surface area contributed by atoms with Crippen LogP contribution in [0.25, 0.3) is 0 Å². The second kappa shape index (κ2) is 4.82. The average Bonchev–Trinajstić information content (AvgIpc) is 2.94. The van der Waals surface area contributed by atoms with E-state index in [4.69, 9.17) is 0 Å². The van der Waals surface area contributed by atoms with Crippen LogP contribution in [0.3, 0.4) is 0 Å². The van der Waals surface area contributed by atoms with Gasteiger partial charge in [-0.1, -0.05) is 0 Å². The summed E-state index contributed by atoms with van der Waals surface area (Å²) in [7, 11) is -1.63. The molecule has 112 valence electrons. The number of nitrogens with zero attached hydrogens (tertiary/aromatic N) is 3. The van der Waals surface area contributed by atoms with Gasteiger partial charge in [-0.05, 0) is 39.2 Å². The standard InChI is InChI=1S/C13H22N4O2S/c1-9-13(10(2)16(3)15-9)20(18,19)17-7-5-12-11(8-17)4-6-14-12/h11-12,14H,4-8H2,1-3H3. The van der Waals surface area contributed by atoms with Crippen molar-refractivity contribution in [1.82, 2.24) is 19.4 Å². The molecule has 0 bridgehead atoms. The molecule has 6 nitrogen and oxygen atoms in total. The molecule has 0 aromatic carbocycles. The predicted molar refractivity (Wildman–Crippen MR) is 76.0 cm³/mol. The number of nitrogens with one attached hydrogen (secondary N) is 1. The molecule has 0 amide bonds. The molecular formula is C13H22N4O2S. The van der Waals surface area contributed by atoms with Crippen molar-refractivity contribution >= 4 is 10.0 Å². The lowest BCUT2D eigenvalue weighted by molar-refractivity contribution is 0.247. The van der Waals surface area contributed by atoms with Gasteiger partial charge < -0.3 is 5.32 Å². The molecule has 20 heavy (non-hydrogen) atoms. The number of piperidine rings is 1. The number of rotatable bonds is 2. The Morgan fingerprint density at radius 1 is 1.30 bits per heavy atom. The first kappa shape index (κ1) is 14.0. The Hall–Kier alpha value is -0.920. The third kappa shape index (κ3) is 2.08. The van der Waals surface area contributed by atoms with E-state index in [0.717, 1.165) is 19.4 Å². The third-order valence-corrected chi connectivity index (χ3v) is 6.78. The molecule has 2 aliphatic heterocycles. The van der Waals surface area contributed by atoms with Gasteiger partial charge in [0.05, 0.1) is 11.4 Å². The maximum Gasteiger partial charge on any atom is 0.246 e. The molecule has 2 atom stereocenters. The zero-order valence-electron chi connectivity index (χ0n) is 12.3. The molecule has 2 saturated heterocycles. The zero-order chi connectivity index (χ0) is 14.5. The molecule has 1 aromatic heterocycles. The fourth-order valence-corrected chi connectivity index (χ4v) is 5.40. The number of sulfonamides is 1. The van der Waals surface area contributed by atoms with E-state index in [1.165, 1.54) is 0 Å². The van der Waals surface area contributed by atoms with Gasteiger partial charge in [-0.15, -0.1) is 0 Å². The summed E-state index contributed by atoms with van der Waals surface area (Å²) in [6.45, 7) is 5.83. The van der Waals surface area contributed by atoms with Crippen molar-refractivity contribution in [2.24, 2.45) is 13.0 Å². The second-order valence-corrected chi connectivity index (χ2v) is 7.76. The van der Waals surface area contributed by atoms with E-state index in [1.54, 1.807) is 23.0 Å². The molecule has 0 spiro atoms. The number of hydrogen-bond acceptors (Lipinski definition) is 4. The van der Waals surface area contributed by atoms with Crippen molar-refractivity contribution in [2.45, 2.75) is 37.6 Å². The predicted octanol–water partition coefficient (Wildman–Crippen LogP) is 0.409. The second-order valence-electron chi connectivity index (χ2n) is 5.88. The molecular weight excluding hydrogens is 276 g/mol. The summed E-state index contributed by atoms with van der Waals surface area (Å²) in [5, 5.41) is 7.70. The van der Waals surface area contributed by atoms with Crippen molar-refractivity contribution in [3.05, 3.63) is 11.4 Å². The van der Waals surface area contributed by atoms with E-state index in [9.17, 15) is 8.42 Å². The van der Waals surface area contributed by atoms with E-state index in [-0.39, 0.29) is 0 Å². The molecule has 7 heteroatoms. The van der Waals surface area contributed by atoms with Gasteiger partial charge in [0.15, 0.2) is 0 Å². The highest BCUT2D eigenvalue weighted by atomic mass is 32.2. The Bertz CT molecular complexity index is 623. The molecule has 1 N–H and O–H groups in total. The summed E-state index contributed by atoms with van der Waals surface area (Å²) in [6.07, 6.45) is 1.98. The van der Waals surface area contributed by atoms with Gasteiger partial charge >= 0.3 is 0 Å². The molecule has 2 fully saturated rings. The minimum Gasteiger partial charge on any atom is -0.314 e. The SMILES string of the molecule is Cc1nn(C)c(C)c1S(=O)(=O)N1CCC2NCCC2C1. The van der Waals surface area contributed by atoms with Crippen LogP contribution in [0.15, 0.2) is 4.90 Å². The highest BCUT2D eigenvalue weighted by molar-refractivity contribution is 7.89. The topological polar surface area (TPSA) is 67.2 Å². The monoisotopic (exact) mass is 298 g/mol. The molecule has 3 heterocycles. The van der Waals surface area contributed by atoms with Crippen LogP contribution >= 0.6 is 0 Å². The van der Waals surface area contributed by atoms with Crippen LogP contribution in [0.4, 0.5) is 0 Å². The highest BCUT2D eigenvalue weighted by Crippen LogP contribution is 2.30. The van der Waals surface area contributed by atoms with E-state index in [2.05, 4.69) is 10.4 Å². The molecule has 2 aliphatic rings. The fraction of sp³-hybridized carbons (Fsp3) is 0.769. The van der Waals surface area contributed by atoms with Gasteiger partial charge in [-0.3, -0.25) is 4.68 Å². The molecule has 0 radical (unpaired) electrons. The number of aromatic nitrogens is 2. The van der Waals surface area contributed by atoms with Gasteiger partial charge in [0.1, 0.15) is 4.90 Å². The Morgan fingerprint density at radius 2 is 2.05 bits per heavy atom. The molecule has 0 aliphatic carbocycles. The van der Waals surface area contributed by atoms with Crippen LogP contribution in [-0.2, 0) is 17.1 Å². The first-order chi connectivity index (χ1) is 9.41. The summed E-state index contributed by atoms with van der Waals surface area (Å²) < 4.78 is 29.1. The zero-order valence-corrected chi connectivity index (χ0v) is 13.1. The fourth-order valence-electron chi connectivity index (χ4n) is 3.49. The lowest BCUT2D eigenvalue weighted by Crippen LogP contribution is -2.46. The van der Waals surface area contributed by atoms with Crippen LogP contribution in [0.2, 0.25) is 0 Å². The first-order valence-electron chi connectivity index (χ1n) is 7.15. The summed E-state index contributed by atoms with van der Waals surface area (Å²) in [5.41, 5.74) is 1.31. The Kier molecular flexibility index (Phi) is 3.38. The van der Waals surface area contributed by atoms with E-state index in [1.807, 2.05) is 6.92 Å². The largest absolute Gasteiger partial charge is 0.314 e. The van der Waals surface area contributed by atoms with Gasteiger partial charge in [-0.2, -0.15) is 9.40 Å². The van der Waals surface area contributed by atoms with E-state index < -0.39 is 10.0 Å². The maximum atomic E-state index is 12.9. The molecule has 1 aromatic rings. The van der Waals surface area contributed by atoms with Gasteiger partial charge in [0, 0.05) is 26.2 Å². The quantitative estimate of drug-likeness (QED) is 0.859. The normalized spacial score (nSPS) is 27.8. The van der Waals surface area contributed by atoms with Crippen LogP contribution in [0.5, 0.6) is 0 Å². The minimum absolute atomic E-state index is 0.393. The smallest absolute Gasteiger partial charge is 0.246 e. The summed E-state index contributed by atoms with van der Waals surface area (Å²) >= 11 is 0. The minimum atomic E-state index is -3.42. The number of hydrogen-bond donors (Lipinski definition) is 1. The van der Waals surface area contributed by atoms with Crippen LogP contribution in [-0.4, -0.2) is 48.2 Å².